The van der Waals surface area contributed by atoms with E-state index in [1.807, 2.05) is 18.3 Å². The quantitative estimate of drug-likeness (QED) is 0.867. The molecule has 0 radical (unpaired) electrons. The van der Waals surface area contributed by atoms with Crippen LogP contribution in [0.1, 0.15) is 69.5 Å². The van der Waals surface area contributed by atoms with Crippen LogP contribution < -0.4 is 11.1 Å². The standard InChI is InChI=1S/C20H31N3O/c21-14-15-9-11-16(12-10-15)19(18-8-4-5-13-22-18)23-20(24)17-6-2-1-3-7-17/h4-5,8,13,15-17,19H,1-3,6-7,9-12,14,21H2,(H,23,24)/t15?,16?,19-/m0/s1. The summed E-state index contributed by atoms with van der Waals surface area (Å²) in [4.78, 5) is 17.3. The molecule has 0 spiro atoms. The molecule has 1 amide bonds. The molecule has 132 valence electrons. The number of hydrogen-bond acceptors (Lipinski definition) is 3. The monoisotopic (exact) mass is 329 g/mol. The zero-order valence-corrected chi connectivity index (χ0v) is 14.6. The summed E-state index contributed by atoms with van der Waals surface area (Å²) < 4.78 is 0. The van der Waals surface area contributed by atoms with Crippen molar-refractivity contribution in [2.24, 2.45) is 23.5 Å². The van der Waals surface area contributed by atoms with Gasteiger partial charge in [0.1, 0.15) is 0 Å². The Hall–Kier alpha value is -1.42. The summed E-state index contributed by atoms with van der Waals surface area (Å²) in [6.07, 6.45) is 12.2. The van der Waals surface area contributed by atoms with E-state index in [9.17, 15) is 4.79 Å². The van der Waals surface area contributed by atoms with Gasteiger partial charge in [-0.15, -0.1) is 0 Å². The van der Waals surface area contributed by atoms with Gasteiger partial charge in [0.15, 0.2) is 0 Å². The van der Waals surface area contributed by atoms with Crippen molar-refractivity contribution in [1.29, 1.82) is 0 Å². The van der Waals surface area contributed by atoms with Crippen LogP contribution in [-0.2, 0) is 4.79 Å². The number of carbonyl (C=O) groups is 1. The van der Waals surface area contributed by atoms with Crippen LogP contribution >= 0.6 is 0 Å². The van der Waals surface area contributed by atoms with Crippen LogP contribution in [0.25, 0.3) is 0 Å². The van der Waals surface area contributed by atoms with E-state index in [-0.39, 0.29) is 17.9 Å². The molecule has 0 aliphatic heterocycles. The summed E-state index contributed by atoms with van der Waals surface area (Å²) in [7, 11) is 0. The molecule has 3 N–H and O–H groups in total. The molecular weight excluding hydrogens is 298 g/mol. The zero-order valence-electron chi connectivity index (χ0n) is 14.6. The molecule has 2 aliphatic rings. The third kappa shape index (κ3) is 4.35. The predicted molar refractivity (Wildman–Crippen MR) is 96.2 cm³/mol. The van der Waals surface area contributed by atoms with Crippen molar-refractivity contribution in [2.45, 2.75) is 63.8 Å². The van der Waals surface area contributed by atoms with Gasteiger partial charge in [-0.3, -0.25) is 9.78 Å². The molecule has 2 aliphatic carbocycles. The van der Waals surface area contributed by atoms with Crippen molar-refractivity contribution in [3.63, 3.8) is 0 Å². The lowest BCUT2D eigenvalue weighted by Gasteiger charge is -2.34. The Morgan fingerprint density at radius 3 is 2.50 bits per heavy atom. The van der Waals surface area contributed by atoms with Gasteiger partial charge in [0.25, 0.3) is 0 Å². The Bertz CT molecular complexity index is 505. The number of nitrogens with two attached hydrogens (primary N) is 1. The van der Waals surface area contributed by atoms with Gasteiger partial charge in [-0.25, -0.2) is 0 Å². The lowest BCUT2D eigenvalue weighted by molar-refractivity contribution is -0.127. The van der Waals surface area contributed by atoms with Gasteiger partial charge in [-0.2, -0.15) is 0 Å². The third-order valence-electron chi connectivity index (χ3n) is 5.98. The molecule has 0 aromatic carbocycles. The average molecular weight is 329 g/mol. The van der Waals surface area contributed by atoms with Crippen LogP contribution in [-0.4, -0.2) is 17.4 Å². The second kappa shape index (κ2) is 8.61. The Kier molecular flexibility index (Phi) is 6.24. The predicted octanol–water partition coefficient (Wildman–Crippen LogP) is 3.58. The second-order valence-corrected chi connectivity index (χ2v) is 7.59. The highest BCUT2D eigenvalue weighted by atomic mass is 16.1. The van der Waals surface area contributed by atoms with Gasteiger partial charge in [0, 0.05) is 12.1 Å². The Balaban J connectivity index is 1.69. The molecule has 1 heterocycles. The van der Waals surface area contributed by atoms with E-state index in [0.717, 1.165) is 37.9 Å². The molecule has 1 aromatic rings. The van der Waals surface area contributed by atoms with Gasteiger partial charge in [-0.1, -0.05) is 25.3 Å². The first-order valence-electron chi connectivity index (χ1n) is 9.69. The van der Waals surface area contributed by atoms with Crippen molar-refractivity contribution in [1.82, 2.24) is 10.3 Å². The minimum Gasteiger partial charge on any atom is -0.347 e. The number of amides is 1. The first-order valence-corrected chi connectivity index (χ1v) is 9.69. The lowest BCUT2D eigenvalue weighted by Crippen LogP contribution is -2.39. The summed E-state index contributed by atoms with van der Waals surface area (Å²) in [6.45, 7) is 0.787. The maximum Gasteiger partial charge on any atom is 0.223 e. The van der Waals surface area contributed by atoms with Gasteiger partial charge < -0.3 is 11.1 Å². The van der Waals surface area contributed by atoms with Crippen LogP contribution in [0.15, 0.2) is 24.4 Å². The average Bonchev–Trinajstić information content (AvgIpc) is 2.67. The number of pyridine rings is 1. The largest absolute Gasteiger partial charge is 0.347 e. The third-order valence-corrected chi connectivity index (χ3v) is 5.98. The van der Waals surface area contributed by atoms with Gasteiger partial charge >= 0.3 is 0 Å². The first-order chi connectivity index (χ1) is 11.8. The Morgan fingerprint density at radius 1 is 1.12 bits per heavy atom. The van der Waals surface area contributed by atoms with Crippen LogP contribution in [0.3, 0.4) is 0 Å². The van der Waals surface area contributed by atoms with Crippen LogP contribution in [0.4, 0.5) is 0 Å². The fourth-order valence-electron chi connectivity index (χ4n) is 4.39. The van der Waals surface area contributed by atoms with Gasteiger partial charge in [0.2, 0.25) is 5.91 Å². The number of nitrogens with zero attached hydrogens (tertiary/aromatic N) is 1. The highest BCUT2D eigenvalue weighted by molar-refractivity contribution is 5.79. The van der Waals surface area contributed by atoms with Crippen molar-refractivity contribution >= 4 is 5.91 Å². The summed E-state index contributed by atoms with van der Waals surface area (Å²) >= 11 is 0. The fourth-order valence-corrected chi connectivity index (χ4v) is 4.39. The van der Waals surface area contributed by atoms with Crippen molar-refractivity contribution in [3.05, 3.63) is 30.1 Å². The Morgan fingerprint density at radius 2 is 1.88 bits per heavy atom. The van der Waals surface area contributed by atoms with E-state index in [0.29, 0.717) is 11.8 Å². The molecule has 1 aromatic heterocycles. The minimum atomic E-state index is 0.0550. The molecule has 1 atom stereocenters. The molecule has 0 unspecified atom stereocenters. The number of nitrogens with one attached hydrogen (secondary N) is 1. The molecule has 4 heteroatoms. The zero-order chi connectivity index (χ0) is 16.8. The van der Waals surface area contributed by atoms with Gasteiger partial charge in [0.05, 0.1) is 11.7 Å². The number of aromatic nitrogens is 1. The van der Waals surface area contributed by atoms with E-state index in [1.165, 1.54) is 32.1 Å². The second-order valence-electron chi connectivity index (χ2n) is 7.59. The van der Waals surface area contributed by atoms with E-state index in [1.54, 1.807) is 0 Å². The smallest absolute Gasteiger partial charge is 0.223 e. The molecule has 0 saturated heterocycles. The van der Waals surface area contributed by atoms with Gasteiger partial charge in [-0.05, 0) is 69.0 Å². The topological polar surface area (TPSA) is 68.0 Å². The summed E-state index contributed by atoms with van der Waals surface area (Å²) in [6, 6.07) is 6.07. The lowest BCUT2D eigenvalue weighted by atomic mass is 9.77. The summed E-state index contributed by atoms with van der Waals surface area (Å²) in [5.74, 6) is 1.58. The van der Waals surface area contributed by atoms with Crippen molar-refractivity contribution in [2.75, 3.05) is 6.54 Å². The minimum absolute atomic E-state index is 0.0550. The molecule has 2 saturated carbocycles. The number of rotatable bonds is 5. The molecule has 0 bridgehead atoms. The van der Waals surface area contributed by atoms with E-state index >= 15 is 0 Å². The van der Waals surface area contributed by atoms with Crippen molar-refractivity contribution < 1.29 is 4.79 Å². The van der Waals surface area contributed by atoms with Crippen LogP contribution in [0.2, 0.25) is 0 Å². The van der Waals surface area contributed by atoms with E-state index in [2.05, 4.69) is 16.4 Å². The Labute approximate surface area is 145 Å². The fraction of sp³-hybridized carbons (Fsp3) is 0.700. The molecular formula is C20H31N3O. The van der Waals surface area contributed by atoms with E-state index < -0.39 is 0 Å². The number of hydrogen-bond donors (Lipinski definition) is 2. The van der Waals surface area contributed by atoms with Crippen LogP contribution in [0, 0.1) is 17.8 Å². The highest BCUT2D eigenvalue weighted by Gasteiger charge is 2.32. The molecule has 2 fully saturated rings. The first kappa shape index (κ1) is 17.4. The number of carbonyl (C=O) groups excluding carboxylic acids is 1. The SMILES string of the molecule is NCC1CCC([C@H](NC(=O)C2CCCCC2)c2ccccn2)CC1. The van der Waals surface area contributed by atoms with Crippen LogP contribution in [0.5, 0.6) is 0 Å². The molecule has 24 heavy (non-hydrogen) atoms. The highest BCUT2D eigenvalue weighted by Crippen LogP contribution is 2.36. The summed E-state index contributed by atoms with van der Waals surface area (Å²) in [5, 5.41) is 3.37. The van der Waals surface area contributed by atoms with Crippen molar-refractivity contribution in [3.8, 4) is 0 Å². The van der Waals surface area contributed by atoms with E-state index in [4.69, 9.17) is 5.73 Å². The maximum absolute atomic E-state index is 12.8. The molecule has 3 rings (SSSR count). The molecule has 4 nitrogen and oxygen atoms in total. The normalized spacial score (nSPS) is 26.7. The summed E-state index contributed by atoms with van der Waals surface area (Å²) in [5.41, 5.74) is 6.84. The maximum atomic E-state index is 12.8.